The number of benzene rings is 1. The number of aryl methyl sites for hydroxylation is 2. The van der Waals surface area contributed by atoms with Crippen LogP contribution in [0.3, 0.4) is 0 Å². The van der Waals surface area contributed by atoms with Crippen molar-refractivity contribution in [3.05, 3.63) is 29.3 Å². The lowest BCUT2D eigenvalue weighted by molar-refractivity contribution is 0.209. The maximum Gasteiger partial charge on any atom is 0.243 e. The summed E-state index contributed by atoms with van der Waals surface area (Å²) in [6.45, 7) is 7.13. The molecular formula is C16H26N2O2S. The zero-order valence-corrected chi connectivity index (χ0v) is 14.2. The Balaban J connectivity index is 2.30. The van der Waals surface area contributed by atoms with Gasteiger partial charge in [-0.2, -0.15) is 4.31 Å². The third kappa shape index (κ3) is 3.30. The van der Waals surface area contributed by atoms with E-state index in [9.17, 15) is 8.42 Å². The van der Waals surface area contributed by atoms with Gasteiger partial charge in [-0.25, -0.2) is 8.42 Å². The van der Waals surface area contributed by atoms with Crippen molar-refractivity contribution in [1.82, 2.24) is 9.62 Å². The number of nitrogens with zero attached hydrogens (tertiary/aromatic N) is 1. The van der Waals surface area contributed by atoms with Crippen molar-refractivity contribution in [2.24, 2.45) is 5.92 Å². The smallest absolute Gasteiger partial charge is 0.243 e. The lowest BCUT2D eigenvalue weighted by Crippen LogP contribution is -2.50. The summed E-state index contributed by atoms with van der Waals surface area (Å²) in [6, 6.07) is 6.05. The average molecular weight is 310 g/mol. The molecule has 2 unspecified atom stereocenters. The molecule has 21 heavy (non-hydrogen) atoms. The zero-order valence-electron chi connectivity index (χ0n) is 13.4. The molecule has 0 bridgehead atoms. The van der Waals surface area contributed by atoms with Gasteiger partial charge in [0.05, 0.1) is 4.90 Å². The van der Waals surface area contributed by atoms with Crippen molar-refractivity contribution in [3.8, 4) is 0 Å². The Bertz CT molecular complexity index is 598. The van der Waals surface area contributed by atoms with Crippen LogP contribution >= 0.6 is 0 Å². The molecule has 0 spiro atoms. The predicted octanol–water partition coefficient (Wildman–Crippen LogP) is 2.31. The van der Waals surface area contributed by atoms with E-state index in [4.69, 9.17) is 0 Å². The lowest BCUT2D eigenvalue weighted by atomic mass is 9.91. The fourth-order valence-electron chi connectivity index (χ4n) is 3.14. The van der Waals surface area contributed by atoms with Gasteiger partial charge < -0.3 is 5.32 Å². The number of nitrogens with one attached hydrogen (secondary N) is 1. The zero-order chi connectivity index (χ0) is 15.6. The molecule has 1 aromatic rings. The highest BCUT2D eigenvalue weighted by Gasteiger charge is 2.34. The minimum Gasteiger partial charge on any atom is -0.317 e. The number of hydrogen-bond donors (Lipinski definition) is 1. The van der Waals surface area contributed by atoms with E-state index >= 15 is 0 Å². The van der Waals surface area contributed by atoms with Gasteiger partial charge in [0.25, 0.3) is 0 Å². The number of hydrogen-bond acceptors (Lipinski definition) is 3. The molecule has 1 aromatic carbocycles. The first-order valence-corrected chi connectivity index (χ1v) is 9.08. The van der Waals surface area contributed by atoms with Gasteiger partial charge in [0.1, 0.15) is 0 Å². The van der Waals surface area contributed by atoms with E-state index in [0.717, 1.165) is 24.0 Å². The highest BCUT2D eigenvalue weighted by molar-refractivity contribution is 7.89. The monoisotopic (exact) mass is 310 g/mol. The SMILES string of the molecule is CCC1CN(S(=O)(=O)c2cc(C)ccc2C)CCC1NC. The van der Waals surface area contributed by atoms with E-state index in [1.54, 1.807) is 10.4 Å². The molecule has 1 aliphatic rings. The molecule has 0 amide bonds. The summed E-state index contributed by atoms with van der Waals surface area (Å²) < 4.78 is 27.5. The predicted molar refractivity (Wildman–Crippen MR) is 85.9 cm³/mol. The van der Waals surface area contributed by atoms with E-state index in [2.05, 4.69) is 12.2 Å². The van der Waals surface area contributed by atoms with Crippen LogP contribution in [0.25, 0.3) is 0 Å². The summed E-state index contributed by atoms with van der Waals surface area (Å²) in [5.74, 6) is 0.378. The van der Waals surface area contributed by atoms with Gasteiger partial charge in [0.15, 0.2) is 0 Å². The summed E-state index contributed by atoms with van der Waals surface area (Å²) in [7, 11) is -1.42. The lowest BCUT2D eigenvalue weighted by Gasteiger charge is -2.37. The van der Waals surface area contributed by atoms with Gasteiger partial charge >= 0.3 is 0 Å². The number of piperidine rings is 1. The molecule has 0 aromatic heterocycles. The summed E-state index contributed by atoms with van der Waals surface area (Å²) in [5.41, 5.74) is 1.81. The van der Waals surface area contributed by atoms with Gasteiger partial charge in [0, 0.05) is 19.1 Å². The third-order valence-corrected chi connectivity index (χ3v) is 6.56. The highest BCUT2D eigenvalue weighted by Crippen LogP contribution is 2.27. The van der Waals surface area contributed by atoms with Crippen molar-refractivity contribution in [2.75, 3.05) is 20.1 Å². The van der Waals surface area contributed by atoms with Crippen LogP contribution in [0.1, 0.15) is 30.9 Å². The average Bonchev–Trinajstić information content (AvgIpc) is 2.48. The fourth-order valence-corrected chi connectivity index (χ4v) is 4.96. The van der Waals surface area contributed by atoms with Crippen LogP contribution < -0.4 is 5.32 Å². The van der Waals surface area contributed by atoms with Gasteiger partial charge in [-0.3, -0.25) is 0 Å². The Morgan fingerprint density at radius 1 is 1.33 bits per heavy atom. The molecule has 0 saturated carbocycles. The van der Waals surface area contributed by atoms with Crippen molar-refractivity contribution < 1.29 is 8.42 Å². The van der Waals surface area contributed by atoms with E-state index < -0.39 is 10.0 Å². The van der Waals surface area contributed by atoms with Gasteiger partial charge in [0.2, 0.25) is 10.0 Å². The first kappa shape index (κ1) is 16.5. The van der Waals surface area contributed by atoms with Crippen molar-refractivity contribution in [3.63, 3.8) is 0 Å². The van der Waals surface area contributed by atoms with Crippen LogP contribution in [-0.4, -0.2) is 38.9 Å². The minimum atomic E-state index is -3.38. The van der Waals surface area contributed by atoms with E-state index in [1.165, 1.54) is 0 Å². The van der Waals surface area contributed by atoms with E-state index in [1.807, 2.05) is 33.0 Å². The third-order valence-electron chi connectivity index (χ3n) is 4.55. The van der Waals surface area contributed by atoms with E-state index in [-0.39, 0.29) is 0 Å². The highest BCUT2D eigenvalue weighted by atomic mass is 32.2. The summed E-state index contributed by atoms with van der Waals surface area (Å²) in [4.78, 5) is 0.459. The van der Waals surface area contributed by atoms with Gasteiger partial charge in [-0.05, 0) is 50.4 Å². The Morgan fingerprint density at radius 2 is 2.05 bits per heavy atom. The number of rotatable bonds is 4. The second-order valence-corrected chi connectivity index (χ2v) is 7.89. The molecule has 1 saturated heterocycles. The molecular weight excluding hydrogens is 284 g/mol. The normalized spacial score (nSPS) is 24.2. The molecule has 1 heterocycles. The van der Waals surface area contributed by atoms with Crippen LogP contribution in [0, 0.1) is 19.8 Å². The topological polar surface area (TPSA) is 49.4 Å². The molecule has 2 rings (SSSR count). The Kier molecular flexibility index (Phi) is 5.07. The molecule has 2 atom stereocenters. The standard InChI is InChI=1S/C16H26N2O2S/c1-5-14-11-18(9-8-15(14)17-4)21(19,20)16-10-12(2)6-7-13(16)3/h6-7,10,14-15,17H,5,8-9,11H2,1-4H3. The molecule has 0 aliphatic carbocycles. The van der Waals surface area contributed by atoms with Gasteiger partial charge in [-0.15, -0.1) is 0 Å². The molecule has 1 aliphatic heterocycles. The Hall–Kier alpha value is -0.910. The molecule has 118 valence electrons. The van der Waals surface area contributed by atoms with Crippen LogP contribution in [-0.2, 0) is 10.0 Å². The Labute approximate surface area is 128 Å². The maximum absolute atomic E-state index is 12.9. The second kappa shape index (κ2) is 6.46. The molecule has 5 heteroatoms. The number of sulfonamides is 1. The first-order chi connectivity index (χ1) is 9.90. The van der Waals surface area contributed by atoms with Crippen LogP contribution in [0.5, 0.6) is 0 Å². The van der Waals surface area contributed by atoms with Gasteiger partial charge in [-0.1, -0.05) is 25.5 Å². The largest absolute Gasteiger partial charge is 0.317 e. The van der Waals surface area contributed by atoms with Crippen molar-refractivity contribution in [2.45, 2.75) is 44.6 Å². The Morgan fingerprint density at radius 3 is 2.67 bits per heavy atom. The molecule has 1 N–H and O–H groups in total. The second-order valence-electron chi connectivity index (χ2n) is 5.98. The molecule has 1 fully saturated rings. The van der Waals surface area contributed by atoms with Crippen molar-refractivity contribution in [1.29, 1.82) is 0 Å². The van der Waals surface area contributed by atoms with Crippen LogP contribution in [0.2, 0.25) is 0 Å². The fraction of sp³-hybridized carbons (Fsp3) is 0.625. The molecule has 4 nitrogen and oxygen atoms in total. The van der Waals surface area contributed by atoms with Crippen LogP contribution in [0.15, 0.2) is 23.1 Å². The van der Waals surface area contributed by atoms with E-state index in [0.29, 0.717) is 29.9 Å². The van der Waals surface area contributed by atoms with Crippen molar-refractivity contribution >= 4 is 10.0 Å². The quantitative estimate of drug-likeness (QED) is 0.928. The summed E-state index contributed by atoms with van der Waals surface area (Å²) in [6.07, 6.45) is 1.86. The summed E-state index contributed by atoms with van der Waals surface area (Å²) >= 11 is 0. The van der Waals surface area contributed by atoms with Crippen LogP contribution in [0.4, 0.5) is 0 Å². The molecule has 0 radical (unpaired) electrons. The first-order valence-electron chi connectivity index (χ1n) is 7.64. The summed E-state index contributed by atoms with van der Waals surface area (Å²) in [5, 5.41) is 3.32. The minimum absolute atomic E-state index is 0.378. The maximum atomic E-state index is 12.9.